The highest BCUT2D eigenvalue weighted by Crippen LogP contribution is 2.31. The van der Waals surface area contributed by atoms with Crippen molar-refractivity contribution >= 4 is 55.0 Å². The van der Waals surface area contributed by atoms with E-state index in [-0.39, 0.29) is 23.2 Å². The Bertz CT molecular complexity index is 1370. The average Bonchev–Trinajstić information content (AvgIpc) is 3.45. The van der Waals surface area contributed by atoms with E-state index in [1.54, 1.807) is 29.6 Å². The highest BCUT2D eigenvalue weighted by molar-refractivity contribution is 7.89. The number of nitrogens with zero attached hydrogens (tertiary/aromatic N) is 5. The molecule has 0 fully saturated rings. The van der Waals surface area contributed by atoms with Gasteiger partial charge in [0.1, 0.15) is 0 Å². The number of aryl methyl sites for hydroxylation is 2. The van der Waals surface area contributed by atoms with Gasteiger partial charge < -0.3 is 4.57 Å². The predicted molar refractivity (Wildman–Crippen MR) is 137 cm³/mol. The van der Waals surface area contributed by atoms with Crippen molar-refractivity contribution in [3.8, 4) is 0 Å². The minimum Gasteiger partial charge on any atom is -0.337 e. The summed E-state index contributed by atoms with van der Waals surface area (Å²) in [5.74, 6) is -0.217. The maximum Gasteiger partial charge on any atom is 0.260 e. The fourth-order valence-corrected chi connectivity index (χ4v) is 5.38. The first kappa shape index (κ1) is 25.8. The van der Waals surface area contributed by atoms with Gasteiger partial charge in [0.25, 0.3) is 5.91 Å². The van der Waals surface area contributed by atoms with Crippen LogP contribution in [0.25, 0.3) is 10.2 Å². The number of hydrogen-bond acceptors (Lipinski definition) is 6. The lowest BCUT2D eigenvalue weighted by Crippen LogP contribution is -2.32. The molecule has 11 heteroatoms. The summed E-state index contributed by atoms with van der Waals surface area (Å²) in [4.78, 5) is 24.1. The van der Waals surface area contributed by atoms with Crippen LogP contribution in [0.4, 0.5) is 5.13 Å². The van der Waals surface area contributed by atoms with Gasteiger partial charge in [-0.05, 0) is 55.3 Å². The van der Waals surface area contributed by atoms with E-state index < -0.39 is 10.0 Å². The van der Waals surface area contributed by atoms with Crippen molar-refractivity contribution in [1.82, 2.24) is 18.8 Å². The number of imidazole rings is 1. The van der Waals surface area contributed by atoms with Crippen LogP contribution in [0.1, 0.15) is 22.3 Å². The third-order valence-corrected chi connectivity index (χ3v) is 8.12. The lowest BCUT2D eigenvalue weighted by Gasteiger charge is -2.20. The Hall–Kier alpha value is -2.79. The van der Waals surface area contributed by atoms with Crippen LogP contribution in [0.3, 0.4) is 0 Å². The van der Waals surface area contributed by atoms with E-state index in [4.69, 9.17) is 4.98 Å². The van der Waals surface area contributed by atoms with Crippen LogP contribution in [0.2, 0.25) is 0 Å². The second kappa shape index (κ2) is 10.6. The number of sulfonamides is 1. The van der Waals surface area contributed by atoms with E-state index in [9.17, 15) is 13.2 Å². The third-order valence-electron chi connectivity index (χ3n) is 5.25. The lowest BCUT2D eigenvalue weighted by atomic mass is 10.2. The first-order chi connectivity index (χ1) is 15.8. The van der Waals surface area contributed by atoms with Gasteiger partial charge in [0.05, 0.1) is 21.4 Å². The lowest BCUT2D eigenvalue weighted by molar-refractivity contribution is 0.0986. The Morgan fingerprint density at radius 1 is 1.12 bits per heavy atom. The number of amides is 1. The molecule has 1 amide bonds. The molecule has 4 rings (SSSR count). The van der Waals surface area contributed by atoms with E-state index in [1.165, 1.54) is 37.6 Å². The van der Waals surface area contributed by atoms with Crippen molar-refractivity contribution in [2.24, 2.45) is 0 Å². The smallest absolute Gasteiger partial charge is 0.260 e. The van der Waals surface area contributed by atoms with E-state index in [2.05, 4.69) is 11.1 Å². The molecule has 4 aromatic rings. The van der Waals surface area contributed by atoms with Gasteiger partial charge in [-0.1, -0.05) is 17.4 Å². The van der Waals surface area contributed by atoms with Crippen molar-refractivity contribution in [3.05, 3.63) is 72.3 Å². The van der Waals surface area contributed by atoms with Crippen molar-refractivity contribution in [1.29, 1.82) is 0 Å². The van der Waals surface area contributed by atoms with Crippen molar-refractivity contribution in [2.45, 2.75) is 24.8 Å². The highest BCUT2D eigenvalue weighted by atomic mass is 35.5. The Morgan fingerprint density at radius 3 is 2.50 bits per heavy atom. The fraction of sp³-hybridized carbons (Fsp3) is 0.261. The number of rotatable bonds is 8. The number of hydrogen-bond donors (Lipinski definition) is 0. The van der Waals surface area contributed by atoms with Gasteiger partial charge in [0.15, 0.2) is 5.13 Å². The summed E-state index contributed by atoms with van der Waals surface area (Å²) in [6.07, 6.45) is 6.07. The molecule has 0 N–H and O–H groups in total. The average molecular weight is 520 g/mol. The molecule has 0 aliphatic carbocycles. The maximum atomic E-state index is 13.5. The number of carbonyl (C=O) groups is 1. The molecule has 0 saturated carbocycles. The summed E-state index contributed by atoms with van der Waals surface area (Å²) < 4.78 is 28.9. The van der Waals surface area contributed by atoms with Crippen molar-refractivity contribution in [3.63, 3.8) is 0 Å². The largest absolute Gasteiger partial charge is 0.337 e. The number of carbonyl (C=O) groups excluding carboxylic acids is 1. The van der Waals surface area contributed by atoms with Gasteiger partial charge in [-0.2, -0.15) is 0 Å². The van der Waals surface area contributed by atoms with Gasteiger partial charge in [-0.15, -0.1) is 12.4 Å². The molecule has 34 heavy (non-hydrogen) atoms. The molecular formula is C23H26ClN5O3S2. The summed E-state index contributed by atoms with van der Waals surface area (Å²) in [6.45, 7) is 3.21. The number of aromatic nitrogens is 3. The SMILES string of the molecule is Cc1ccc2nc(N(CCCn3ccnc3)C(=O)c3ccc(S(=O)(=O)N(C)C)cc3)sc2c1.Cl. The Morgan fingerprint density at radius 2 is 1.85 bits per heavy atom. The molecule has 0 unspecified atom stereocenters. The molecule has 0 saturated heterocycles. The van der Waals surface area contributed by atoms with E-state index >= 15 is 0 Å². The Labute approximate surface area is 209 Å². The van der Waals surface area contributed by atoms with Crippen molar-refractivity contribution in [2.75, 3.05) is 25.5 Å². The summed E-state index contributed by atoms with van der Waals surface area (Å²) in [6, 6.07) is 12.1. The molecule has 0 aliphatic heterocycles. The van der Waals surface area contributed by atoms with Gasteiger partial charge in [-0.3, -0.25) is 9.69 Å². The molecule has 0 atom stereocenters. The van der Waals surface area contributed by atoms with Crippen LogP contribution < -0.4 is 4.90 Å². The molecule has 0 spiro atoms. The standard InChI is InChI=1S/C23H25N5O3S2.ClH/c1-17-5-10-20-21(15-17)32-23(25-20)28(13-4-12-27-14-11-24-16-27)22(29)18-6-8-19(9-7-18)33(30,31)26(2)3;/h5-11,14-16H,4,12-13H2,1-3H3;1H. The molecule has 0 radical (unpaired) electrons. The summed E-state index contributed by atoms with van der Waals surface area (Å²) in [5, 5.41) is 0.622. The molecule has 0 aliphatic rings. The minimum atomic E-state index is -3.56. The van der Waals surface area contributed by atoms with E-state index in [0.29, 0.717) is 30.2 Å². The Kier molecular flexibility index (Phi) is 8.09. The van der Waals surface area contributed by atoms with Gasteiger partial charge in [0.2, 0.25) is 10.0 Å². The molecular weight excluding hydrogens is 494 g/mol. The first-order valence-electron chi connectivity index (χ1n) is 10.4. The second-order valence-electron chi connectivity index (χ2n) is 7.89. The maximum absolute atomic E-state index is 13.5. The van der Waals surface area contributed by atoms with Crippen LogP contribution in [-0.2, 0) is 16.6 Å². The van der Waals surface area contributed by atoms with Crippen LogP contribution in [-0.4, -0.2) is 53.8 Å². The van der Waals surface area contributed by atoms with Gasteiger partial charge >= 0.3 is 0 Å². The monoisotopic (exact) mass is 519 g/mol. The molecule has 2 aromatic heterocycles. The summed E-state index contributed by atoms with van der Waals surface area (Å²) >= 11 is 1.47. The topological polar surface area (TPSA) is 88.4 Å². The van der Waals surface area contributed by atoms with Gasteiger partial charge in [-0.25, -0.2) is 22.7 Å². The quantitative estimate of drug-likeness (QED) is 0.348. The summed E-state index contributed by atoms with van der Waals surface area (Å²) in [7, 11) is -0.608. The fourth-order valence-electron chi connectivity index (χ4n) is 3.39. The molecule has 0 bridgehead atoms. The number of thiazole rings is 1. The Balaban J connectivity index is 0.00000324. The normalized spacial score (nSPS) is 11.5. The highest BCUT2D eigenvalue weighted by Gasteiger charge is 2.23. The number of anilines is 1. The molecule has 2 aromatic carbocycles. The number of halogens is 1. The van der Waals surface area contributed by atoms with E-state index in [0.717, 1.165) is 20.1 Å². The van der Waals surface area contributed by atoms with Crippen LogP contribution in [0.15, 0.2) is 66.1 Å². The zero-order valence-corrected chi connectivity index (χ0v) is 21.5. The zero-order chi connectivity index (χ0) is 23.6. The van der Waals surface area contributed by atoms with E-state index in [1.807, 2.05) is 29.8 Å². The predicted octanol–water partition coefficient (Wildman–Crippen LogP) is 4.21. The third kappa shape index (κ3) is 5.47. The molecule has 8 nitrogen and oxygen atoms in total. The number of benzene rings is 2. The van der Waals surface area contributed by atoms with Crippen LogP contribution in [0, 0.1) is 6.92 Å². The minimum absolute atomic E-state index is 0. The second-order valence-corrected chi connectivity index (χ2v) is 11.1. The molecule has 180 valence electrons. The zero-order valence-electron chi connectivity index (χ0n) is 19.1. The van der Waals surface area contributed by atoms with Gasteiger partial charge in [0, 0.05) is 45.1 Å². The van der Waals surface area contributed by atoms with Crippen LogP contribution >= 0.6 is 23.7 Å². The van der Waals surface area contributed by atoms with Crippen LogP contribution in [0.5, 0.6) is 0 Å². The first-order valence-corrected chi connectivity index (χ1v) is 12.7. The van der Waals surface area contributed by atoms with Crippen molar-refractivity contribution < 1.29 is 13.2 Å². The summed E-state index contributed by atoms with van der Waals surface area (Å²) in [5.41, 5.74) is 2.39. The molecule has 2 heterocycles. The number of fused-ring (bicyclic) bond motifs is 1.